The zero-order chi connectivity index (χ0) is 18.1. The van der Waals surface area contributed by atoms with Crippen molar-refractivity contribution in [2.24, 2.45) is 0 Å². The maximum Gasteiger partial charge on any atom is 0.408 e. The lowest BCUT2D eigenvalue weighted by atomic mass is 9.96. The molecule has 2 heterocycles. The van der Waals surface area contributed by atoms with Gasteiger partial charge in [-0.05, 0) is 19.8 Å². The minimum absolute atomic E-state index is 0.0794. The summed E-state index contributed by atoms with van der Waals surface area (Å²) in [7, 11) is 0. The summed E-state index contributed by atoms with van der Waals surface area (Å²) in [5.41, 5.74) is -0.0794. The molecular weight excluding hydrogens is 327 g/mol. The van der Waals surface area contributed by atoms with Crippen molar-refractivity contribution in [2.45, 2.75) is 44.9 Å². The molecule has 1 fully saturated rings. The second-order valence-electron chi connectivity index (χ2n) is 5.68. The van der Waals surface area contributed by atoms with Crippen LogP contribution in [0.15, 0.2) is 10.5 Å². The van der Waals surface area contributed by atoms with E-state index in [-0.39, 0.29) is 42.4 Å². The molecule has 2 rings (SSSR count). The first-order valence-electron chi connectivity index (χ1n) is 7.28. The van der Waals surface area contributed by atoms with Gasteiger partial charge in [-0.25, -0.2) is 0 Å². The summed E-state index contributed by atoms with van der Waals surface area (Å²) in [5.74, 6) is -1.30. The van der Waals surface area contributed by atoms with Gasteiger partial charge in [-0.2, -0.15) is 18.4 Å². The highest BCUT2D eigenvalue weighted by molar-refractivity contribution is 5.96. The summed E-state index contributed by atoms with van der Waals surface area (Å²) < 4.78 is 44.8. The summed E-state index contributed by atoms with van der Waals surface area (Å²) in [6.07, 6.45) is -4.75. The van der Waals surface area contributed by atoms with E-state index in [4.69, 9.17) is 9.68 Å². The van der Waals surface area contributed by atoms with Gasteiger partial charge in [-0.1, -0.05) is 0 Å². The lowest BCUT2D eigenvalue weighted by molar-refractivity contribution is -0.184. The number of nitrogens with one attached hydrogen (secondary N) is 1. The fourth-order valence-electron chi connectivity index (χ4n) is 2.85. The third kappa shape index (κ3) is 3.69. The van der Waals surface area contributed by atoms with E-state index in [1.807, 2.05) is 0 Å². The number of aryl methyl sites for hydroxylation is 1. The van der Waals surface area contributed by atoms with Crippen molar-refractivity contribution in [1.29, 1.82) is 5.26 Å². The third-order valence-corrected chi connectivity index (χ3v) is 3.89. The van der Waals surface area contributed by atoms with E-state index in [2.05, 4.69) is 5.32 Å². The fraction of sp³-hybridized carbons (Fsp3) is 0.533. The Hall–Kier alpha value is -2.50. The average Bonchev–Trinajstić information content (AvgIpc) is 2.85. The Morgan fingerprint density at radius 2 is 2.08 bits per heavy atom. The molecule has 0 bridgehead atoms. The Bertz CT molecular complexity index is 690. The van der Waals surface area contributed by atoms with Crippen LogP contribution in [0.5, 0.6) is 0 Å². The fourth-order valence-corrected chi connectivity index (χ4v) is 2.85. The van der Waals surface area contributed by atoms with Crippen molar-refractivity contribution in [2.75, 3.05) is 6.54 Å². The van der Waals surface area contributed by atoms with E-state index in [1.165, 1.54) is 13.8 Å². The number of alkyl halides is 3. The van der Waals surface area contributed by atoms with Crippen LogP contribution in [-0.4, -0.2) is 41.5 Å². The number of hydrogen-bond acceptors (Lipinski definition) is 4. The van der Waals surface area contributed by atoms with Crippen LogP contribution in [0, 0.1) is 18.3 Å². The van der Waals surface area contributed by atoms with Gasteiger partial charge >= 0.3 is 6.18 Å². The van der Waals surface area contributed by atoms with E-state index in [0.29, 0.717) is 4.90 Å². The van der Waals surface area contributed by atoms with Crippen LogP contribution in [0.2, 0.25) is 0 Å². The van der Waals surface area contributed by atoms with Crippen LogP contribution in [-0.2, 0) is 4.79 Å². The Balaban J connectivity index is 2.32. The maximum absolute atomic E-state index is 13.3. The van der Waals surface area contributed by atoms with Crippen LogP contribution in [0.1, 0.15) is 41.6 Å². The molecule has 1 N–H and O–H groups in total. The number of rotatable bonds is 2. The quantitative estimate of drug-likeness (QED) is 0.891. The van der Waals surface area contributed by atoms with Gasteiger partial charge < -0.3 is 14.6 Å². The Morgan fingerprint density at radius 3 is 2.58 bits per heavy atom. The number of carbonyl (C=O) groups excluding carboxylic acids is 2. The van der Waals surface area contributed by atoms with Crippen LogP contribution in [0.25, 0.3) is 0 Å². The second-order valence-corrected chi connectivity index (χ2v) is 5.68. The molecule has 2 atom stereocenters. The Labute approximate surface area is 136 Å². The van der Waals surface area contributed by atoms with Crippen molar-refractivity contribution in [3.05, 3.63) is 23.2 Å². The van der Waals surface area contributed by atoms with Gasteiger partial charge in [0.05, 0.1) is 5.56 Å². The van der Waals surface area contributed by atoms with Gasteiger partial charge in [-0.3, -0.25) is 9.59 Å². The minimum atomic E-state index is -4.58. The summed E-state index contributed by atoms with van der Waals surface area (Å²) in [6.45, 7) is 2.42. The Kier molecular flexibility index (Phi) is 4.87. The highest BCUT2D eigenvalue weighted by Gasteiger charge is 2.48. The SMILES string of the molecule is CC(=O)N[C@H]1CC[C@H](C(F)(F)F)N(C(=O)c2cc(C#N)oc2C)C1. The summed E-state index contributed by atoms with van der Waals surface area (Å²) in [6, 6.07) is 0.354. The summed E-state index contributed by atoms with van der Waals surface area (Å²) in [5, 5.41) is 11.3. The molecule has 1 aliphatic rings. The van der Waals surface area contributed by atoms with Crippen molar-refractivity contribution in [3.63, 3.8) is 0 Å². The molecule has 1 saturated heterocycles. The number of likely N-dealkylation sites (tertiary alicyclic amines) is 1. The van der Waals surface area contributed by atoms with E-state index in [9.17, 15) is 22.8 Å². The molecule has 24 heavy (non-hydrogen) atoms. The third-order valence-electron chi connectivity index (χ3n) is 3.89. The van der Waals surface area contributed by atoms with E-state index in [0.717, 1.165) is 6.07 Å². The van der Waals surface area contributed by atoms with Crippen molar-refractivity contribution in [1.82, 2.24) is 10.2 Å². The monoisotopic (exact) mass is 343 g/mol. The van der Waals surface area contributed by atoms with Crippen LogP contribution >= 0.6 is 0 Å². The standard InChI is InChI=1S/C15H16F3N3O3/c1-8-12(5-11(6-19)24-8)14(23)21-7-10(20-9(2)22)3-4-13(21)15(16,17)18/h5,10,13H,3-4,7H2,1-2H3,(H,20,22)/t10-,13+/m0/s1. The minimum Gasteiger partial charge on any atom is -0.450 e. The molecule has 1 aliphatic heterocycles. The number of piperidine rings is 1. The van der Waals surface area contributed by atoms with Gasteiger partial charge in [-0.15, -0.1) is 0 Å². The molecule has 0 saturated carbocycles. The summed E-state index contributed by atoms with van der Waals surface area (Å²) >= 11 is 0. The molecule has 0 radical (unpaired) electrons. The number of nitrogens with zero attached hydrogens (tertiary/aromatic N) is 2. The van der Waals surface area contributed by atoms with Crippen LogP contribution in [0.4, 0.5) is 13.2 Å². The molecule has 0 aliphatic carbocycles. The lowest BCUT2D eigenvalue weighted by Crippen LogP contribution is -2.58. The van der Waals surface area contributed by atoms with E-state index >= 15 is 0 Å². The molecule has 2 amide bonds. The zero-order valence-corrected chi connectivity index (χ0v) is 13.1. The molecule has 0 unspecified atom stereocenters. The normalized spacial score (nSPS) is 21.2. The maximum atomic E-state index is 13.3. The first-order valence-corrected chi connectivity index (χ1v) is 7.28. The average molecular weight is 343 g/mol. The van der Waals surface area contributed by atoms with Crippen LogP contribution < -0.4 is 5.32 Å². The van der Waals surface area contributed by atoms with Crippen LogP contribution in [0.3, 0.4) is 0 Å². The smallest absolute Gasteiger partial charge is 0.408 e. The Morgan fingerprint density at radius 1 is 1.42 bits per heavy atom. The summed E-state index contributed by atoms with van der Waals surface area (Å²) in [4.78, 5) is 24.4. The second kappa shape index (κ2) is 6.55. The molecule has 9 heteroatoms. The predicted octanol–water partition coefficient (Wildman–Crippen LogP) is 2.13. The first-order chi connectivity index (χ1) is 11.1. The van der Waals surface area contributed by atoms with E-state index < -0.39 is 24.2 Å². The number of nitriles is 1. The largest absolute Gasteiger partial charge is 0.450 e. The number of carbonyl (C=O) groups is 2. The molecule has 0 spiro atoms. The molecule has 1 aromatic heterocycles. The highest BCUT2D eigenvalue weighted by atomic mass is 19.4. The van der Waals surface area contributed by atoms with Gasteiger partial charge in [0, 0.05) is 25.6 Å². The number of furan rings is 1. The number of amides is 2. The van der Waals surface area contributed by atoms with Gasteiger partial charge in [0.2, 0.25) is 11.7 Å². The van der Waals surface area contributed by atoms with Gasteiger partial charge in [0.1, 0.15) is 17.9 Å². The predicted molar refractivity (Wildman–Crippen MR) is 75.9 cm³/mol. The molecule has 130 valence electrons. The molecular formula is C15H16F3N3O3. The lowest BCUT2D eigenvalue weighted by Gasteiger charge is -2.40. The van der Waals surface area contributed by atoms with Gasteiger partial charge in [0.15, 0.2) is 0 Å². The topological polar surface area (TPSA) is 86.3 Å². The van der Waals surface area contributed by atoms with Crippen molar-refractivity contribution >= 4 is 11.8 Å². The number of hydrogen-bond donors (Lipinski definition) is 1. The zero-order valence-electron chi connectivity index (χ0n) is 13.1. The molecule has 1 aromatic rings. The van der Waals surface area contributed by atoms with Crippen molar-refractivity contribution < 1.29 is 27.2 Å². The van der Waals surface area contributed by atoms with Gasteiger partial charge in [0.25, 0.3) is 5.91 Å². The molecule has 6 nitrogen and oxygen atoms in total. The van der Waals surface area contributed by atoms with E-state index in [1.54, 1.807) is 6.07 Å². The number of halogens is 3. The van der Waals surface area contributed by atoms with Crippen molar-refractivity contribution in [3.8, 4) is 6.07 Å². The first kappa shape index (κ1) is 17.8. The molecule has 0 aromatic carbocycles. The highest BCUT2D eigenvalue weighted by Crippen LogP contribution is 2.33.